The average Bonchev–Trinajstić information content (AvgIpc) is 3.15. The van der Waals surface area contributed by atoms with Gasteiger partial charge in [0.15, 0.2) is 5.78 Å². The number of nitrogens with zero attached hydrogens (tertiary/aromatic N) is 3. The zero-order valence-corrected chi connectivity index (χ0v) is 13.5. The van der Waals surface area contributed by atoms with Gasteiger partial charge < -0.3 is 0 Å². The molecule has 6 heteroatoms. The van der Waals surface area contributed by atoms with Crippen molar-refractivity contribution >= 4 is 23.0 Å². The van der Waals surface area contributed by atoms with Gasteiger partial charge in [-0.3, -0.25) is 19.5 Å². The minimum atomic E-state index is -0.697. The number of hydrogen-bond donors (Lipinski definition) is 0. The lowest BCUT2D eigenvalue weighted by Gasteiger charge is -2.30. The molecule has 1 aromatic heterocycles. The number of pyridine rings is 1. The SMILES string of the molecule is O=C1C(=Nc2ccc(F)cc2)C(N2CCCC2)C(=O)c2cnccc21. The fourth-order valence-electron chi connectivity index (χ4n) is 3.43. The summed E-state index contributed by atoms with van der Waals surface area (Å²) in [6.07, 6.45) is 4.92. The van der Waals surface area contributed by atoms with E-state index in [0.717, 1.165) is 25.9 Å². The highest BCUT2D eigenvalue weighted by atomic mass is 19.1. The molecule has 25 heavy (non-hydrogen) atoms. The Hall–Kier alpha value is -2.73. The largest absolute Gasteiger partial charge is 0.292 e. The predicted molar refractivity (Wildman–Crippen MR) is 91.0 cm³/mol. The molecule has 1 atom stereocenters. The van der Waals surface area contributed by atoms with E-state index in [9.17, 15) is 14.0 Å². The van der Waals surface area contributed by atoms with E-state index in [-0.39, 0.29) is 23.1 Å². The summed E-state index contributed by atoms with van der Waals surface area (Å²) in [5.74, 6) is -0.786. The molecule has 1 aliphatic carbocycles. The standard InChI is InChI=1S/C19H16FN3O2/c20-12-3-5-13(6-4-12)22-16-17(23-9-1-2-10-23)19(25)15-11-21-8-7-14(15)18(16)24/h3-8,11,17H,1-2,9-10H2. The fourth-order valence-corrected chi connectivity index (χ4v) is 3.43. The van der Waals surface area contributed by atoms with Crippen LogP contribution in [-0.4, -0.2) is 46.3 Å². The third-order valence-electron chi connectivity index (χ3n) is 4.65. The van der Waals surface area contributed by atoms with Gasteiger partial charge in [-0.15, -0.1) is 0 Å². The Kier molecular flexibility index (Phi) is 3.97. The van der Waals surface area contributed by atoms with Crippen molar-refractivity contribution < 1.29 is 14.0 Å². The van der Waals surface area contributed by atoms with Gasteiger partial charge in [0.25, 0.3) is 0 Å². The lowest BCUT2D eigenvalue weighted by atomic mass is 9.84. The zero-order valence-electron chi connectivity index (χ0n) is 13.5. The van der Waals surface area contributed by atoms with Crippen LogP contribution in [0.5, 0.6) is 0 Å². The first-order chi connectivity index (χ1) is 12.1. The molecular formula is C19H16FN3O2. The first-order valence-electron chi connectivity index (χ1n) is 8.26. The topological polar surface area (TPSA) is 62.6 Å². The van der Waals surface area contributed by atoms with Crippen LogP contribution in [0.15, 0.2) is 47.7 Å². The highest BCUT2D eigenvalue weighted by Crippen LogP contribution is 2.27. The number of carbonyl (C=O) groups is 2. The number of Topliss-reactive ketones (excluding diaryl/α,β-unsaturated/α-hetero) is 2. The third kappa shape index (κ3) is 2.78. The van der Waals surface area contributed by atoms with E-state index in [1.54, 1.807) is 6.07 Å². The molecule has 0 bridgehead atoms. The van der Waals surface area contributed by atoms with Crippen LogP contribution >= 0.6 is 0 Å². The van der Waals surface area contributed by atoms with E-state index < -0.39 is 6.04 Å². The maximum atomic E-state index is 13.1. The van der Waals surface area contributed by atoms with E-state index in [0.29, 0.717) is 16.8 Å². The molecule has 0 saturated carbocycles. The normalized spacial score (nSPS) is 22.4. The molecule has 0 amide bonds. The van der Waals surface area contributed by atoms with E-state index >= 15 is 0 Å². The Morgan fingerprint density at radius 3 is 2.48 bits per heavy atom. The maximum Gasteiger partial charge on any atom is 0.210 e. The van der Waals surface area contributed by atoms with Gasteiger partial charge in [0, 0.05) is 23.5 Å². The van der Waals surface area contributed by atoms with Gasteiger partial charge in [-0.05, 0) is 56.3 Å². The number of aliphatic imine (C=N–C) groups is 1. The van der Waals surface area contributed by atoms with E-state index in [1.165, 1.54) is 36.7 Å². The second kappa shape index (κ2) is 6.29. The van der Waals surface area contributed by atoms with Crippen molar-refractivity contribution in [3.8, 4) is 0 Å². The summed E-state index contributed by atoms with van der Waals surface area (Å²) in [7, 11) is 0. The monoisotopic (exact) mass is 337 g/mol. The van der Waals surface area contributed by atoms with Crippen LogP contribution in [0.4, 0.5) is 10.1 Å². The molecule has 1 aliphatic heterocycles. The highest BCUT2D eigenvalue weighted by Gasteiger charge is 2.42. The van der Waals surface area contributed by atoms with Crippen LogP contribution in [0.2, 0.25) is 0 Å². The van der Waals surface area contributed by atoms with Crippen LogP contribution in [0.25, 0.3) is 0 Å². The number of halogens is 1. The average molecular weight is 337 g/mol. The molecule has 2 heterocycles. The van der Waals surface area contributed by atoms with Crippen molar-refractivity contribution in [2.24, 2.45) is 4.99 Å². The molecule has 1 fully saturated rings. The van der Waals surface area contributed by atoms with Crippen molar-refractivity contribution in [2.45, 2.75) is 18.9 Å². The van der Waals surface area contributed by atoms with Gasteiger partial charge in [-0.2, -0.15) is 0 Å². The van der Waals surface area contributed by atoms with E-state index in [4.69, 9.17) is 0 Å². The molecule has 4 rings (SSSR count). The second-order valence-corrected chi connectivity index (χ2v) is 6.23. The van der Waals surface area contributed by atoms with Crippen molar-refractivity contribution in [1.29, 1.82) is 0 Å². The molecule has 1 aromatic carbocycles. The number of carbonyl (C=O) groups excluding carboxylic acids is 2. The van der Waals surface area contributed by atoms with Gasteiger partial charge in [0.2, 0.25) is 5.78 Å². The highest BCUT2D eigenvalue weighted by molar-refractivity contribution is 6.55. The number of benzene rings is 1. The molecule has 0 spiro atoms. The summed E-state index contributed by atoms with van der Waals surface area (Å²) in [5, 5.41) is 0. The summed E-state index contributed by atoms with van der Waals surface area (Å²) in [6.45, 7) is 1.50. The Labute approximate surface area is 144 Å². The lowest BCUT2D eigenvalue weighted by molar-refractivity contribution is 0.0872. The molecule has 0 radical (unpaired) electrons. The van der Waals surface area contributed by atoms with Crippen LogP contribution in [-0.2, 0) is 0 Å². The molecule has 2 aromatic rings. The number of fused-ring (bicyclic) bond motifs is 1. The minimum absolute atomic E-state index is 0.148. The molecule has 0 N–H and O–H groups in total. The number of hydrogen-bond acceptors (Lipinski definition) is 5. The molecule has 5 nitrogen and oxygen atoms in total. The van der Waals surface area contributed by atoms with Crippen molar-refractivity contribution in [3.05, 3.63) is 59.7 Å². The number of likely N-dealkylation sites (tertiary alicyclic amines) is 1. The Balaban J connectivity index is 1.84. The summed E-state index contributed by atoms with van der Waals surface area (Å²) in [6, 6.07) is 6.44. The molecular weight excluding hydrogens is 321 g/mol. The quantitative estimate of drug-likeness (QED) is 0.845. The minimum Gasteiger partial charge on any atom is -0.292 e. The third-order valence-corrected chi connectivity index (χ3v) is 4.65. The lowest BCUT2D eigenvalue weighted by Crippen LogP contribution is -2.51. The van der Waals surface area contributed by atoms with Gasteiger partial charge in [0.1, 0.15) is 17.6 Å². The number of rotatable bonds is 2. The van der Waals surface area contributed by atoms with Crippen LogP contribution in [0.3, 0.4) is 0 Å². The first-order valence-corrected chi connectivity index (χ1v) is 8.26. The smallest absolute Gasteiger partial charge is 0.210 e. The van der Waals surface area contributed by atoms with Crippen molar-refractivity contribution in [2.75, 3.05) is 13.1 Å². The van der Waals surface area contributed by atoms with Crippen LogP contribution in [0, 0.1) is 5.82 Å². The summed E-state index contributed by atoms with van der Waals surface area (Å²) >= 11 is 0. The summed E-state index contributed by atoms with van der Waals surface area (Å²) < 4.78 is 13.1. The number of aromatic nitrogens is 1. The summed E-state index contributed by atoms with van der Waals surface area (Å²) in [5.41, 5.74) is 1.34. The predicted octanol–water partition coefficient (Wildman–Crippen LogP) is 2.84. The second-order valence-electron chi connectivity index (χ2n) is 6.23. The number of ketones is 2. The van der Waals surface area contributed by atoms with Crippen molar-refractivity contribution in [1.82, 2.24) is 9.88 Å². The van der Waals surface area contributed by atoms with Crippen LogP contribution in [0.1, 0.15) is 33.6 Å². The van der Waals surface area contributed by atoms with Gasteiger partial charge in [0.05, 0.1) is 5.69 Å². The van der Waals surface area contributed by atoms with Crippen molar-refractivity contribution in [3.63, 3.8) is 0 Å². The Morgan fingerprint density at radius 1 is 1.04 bits per heavy atom. The van der Waals surface area contributed by atoms with E-state index in [1.807, 2.05) is 4.90 Å². The fraction of sp³-hybridized carbons (Fsp3) is 0.263. The van der Waals surface area contributed by atoms with Gasteiger partial charge >= 0.3 is 0 Å². The van der Waals surface area contributed by atoms with Crippen LogP contribution < -0.4 is 0 Å². The maximum absolute atomic E-state index is 13.1. The molecule has 126 valence electrons. The van der Waals surface area contributed by atoms with E-state index in [2.05, 4.69) is 9.98 Å². The van der Waals surface area contributed by atoms with Gasteiger partial charge in [-0.1, -0.05) is 0 Å². The van der Waals surface area contributed by atoms with Gasteiger partial charge in [-0.25, -0.2) is 9.38 Å². The first kappa shape index (κ1) is 15.8. The molecule has 2 aliphatic rings. The molecule has 1 unspecified atom stereocenters. The Bertz CT molecular complexity index is 870. The summed E-state index contributed by atoms with van der Waals surface area (Å²) in [4.78, 5) is 36.4. The Morgan fingerprint density at radius 2 is 1.76 bits per heavy atom. The zero-order chi connectivity index (χ0) is 17.4. The molecule has 1 saturated heterocycles.